The van der Waals surface area contributed by atoms with Gasteiger partial charge in [0.15, 0.2) is 0 Å². The van der Waals surface area contributed by atoms with E-state index in [1.165, 1.54) is 28.8 Å². The molecule has 3 N–H and O–H groups in total. The lowest BCUT2D eigenvalue weighted by Gasteiger charge is -2.16. The van der Waals surface area contributed by atoms with E-state index in [0.29, 0.717) is 28.4 Å². The highest BCUT2D eigenvalue weighted by Crippen LogP contribution is 2.27. The number of rotatable bonds is 7. The first-order chi connectivity index (χ1) is 14.0. The maximum Gasteiger partial charge on any atom is 0.251 e. The maximum absolute atomic E-state index is 12.7. The fraction of sp³-hybridized carbons (Fsp3) is 0.143. The normalized spacial score (nSPS) is 11.4. The van der Waals surface area contributed by atoms with Gasteiger partial charge >= 0.3 is 0 Å². The molecule has 2 aromatic carbocycles. The fourth-order valence-electron chi connectivity index (χ4n) is 3.10. The van der Waals surface area contributed by atoms with Gasteiger partial charge in [-0.25, -0.2) is 0 Å². The zero-order valence-corrected chi connectivity index (χ0v) is 15.3. The van der Waals surface area contributed by atoms with E-state index in [4.69, 9.17) is 5.26 Å². The van der Waals surface area contributed by atoms with Gasteiger partial charge in [-0.3, -0.25) is 19.0 Å². The standard InChI is InChI=1S/C21H18N4O4/c22-9-10-23-21(29)17(11-24-20(28)14-5-7-15(27)8-6-14)18-12-25(13-26)19-4-2-1-3-16(18)19/h1-8,12-13,17,27H,10-11H2,(H,23,29)(H,24,28). The third kappa shape index (κ3) is 4.25. The summed E-state index contributed by atoms with van der Waals surface area (Å²) in [6, 6.07) is 14.7. The molecular formula is C21H18N4O4. The molecule has 0 spiro atoms. The number of aromatic hydroxyl groups is 1. The molecular weight excluding hydrogens is 372 g/mol. The largest absolute Gasteiger partial charge is 0.508 e. The van der Waals surface area contributed by atoms with E-state index in [1.807, 2.05) is 6.07 Å². The number of aromatic nitrogens is 1. The summed E-state index contributed by atoms with van der Waals surface area (Å²) in [5.74, 6) is -1.62. The maximum atomic E-state index is 12.7. The van der Waals surface area contributed by atoms with Crippen LogP contribution in [0.2, 0.25) is 0 Å². The second kappa shape index (κ2) is 8.71. The van der Waals surface area contributed by atoms with Gasteiger partial charge in [-0.2, -0.15) is 5.26 Å². The van der Waals surface area contributed by atoms with E-state index in [0.717, 1.165) is 0 Å². The number of nitriles is 1. The summed E-state index contributed by atoms with van der Waals surface area (Å²) in [6.07, 6.45) is 2.20. The third-order valence-corrected chi connectivity index (χ3v) is 4.51. The van der Waals surface area contributed by atoms with Gasteiger partial charge < -0.3 is 15.7 Å². The molecule has 0 aliphatic carbocycles. The molecule has 0 fully saturated rings. The fourth-order valence-corrected chi connectivity index (χ4v) is 3.10. The zero-order chi connectivity index (χ0) is 20.8. The number of hydrogen-bond donors (Lipinski definition) is 3. The van der Waals surface area contributed by atoms with Crippen LogP contribution in [0, 0.1) is 11.3 Å². The van der Waals surface area contributed by atoms with Gasteiger partial charge in [0.2, 0.25) is 12.3 Å². The van der Waals surface area contributed by atoms with Crippen LogP contribution in [0.5, 0.6) is 5.75 Å². The summed E-state index contributed by atoms with van der Waals surface area (Å²) in [7, 11) is 0. The Morgan fingerprint density at radius 3 is 2.55 bits per heavy atom. The van der Waals surface area contributed by atoms with Crippen molar-refractivity contribution in [1.82, 2.24) is 15.2 Å². The minimum absolute atomic E-state index is 0.0379. The average molecular weight is 390 g/mol. The van der Waals surface area contributed by atoms with E-state index in [-0.39, 0.29) is 18.8 Å². The summed E-state index contributed by atoms with van der Waals surface area (Å²) >= 11 is 0. The summed E-state index contributed by atoms with van der Waals surface area (Å²) in [4.78, 5) is 36.5. The number of carbonyl (C=O) groups is 3. The van der Waals surface area contributed by atoms with Crippen LogP contribution < -0.4 is 10.6 Å². The minimum atomic E-state index is -0.810. The highest BCUT2D eigenvalue weighted by Gasteiger charge is 2.25. The van der Waals surface area contributed by atoms with Crippen molar-refractivity contribution in [1.29, 1.82) is 5.26 Å². The summed E-state index contributed by atoms with van der Waals surface area (Å²) in [6.45, 7) is -0.211. The predicted octanol–water partition coefficient (Wildman–Crippen LogP) is 1.54. The predicted molar refractivity (Wildman–Crippen MR) is 106 cm³/mol. The zero-order valence-electron chi connectivity index (χ0n) is 15.3. The lowest BCUT2D eigenvalue weighted by atomic mass is 9.97. The van der Waals surface area contributed by atoms with Gasteiger partial charge in [-0.15, -0.1) is 0 Å². The van der Waals surface area contributed by atoms with Crippen molar-refractivity contribution in [2.75, 3.05) is 13.1 Å². The number of carbonyl (C=O) groups excluding carboxylic acids is 3. The first-order valence-electron chi connectivity index (χ1n) is 8.81. The van der Waals surface area contributed by atoms with Gasteiger partial charge in [-0.1, -0.05) is 18.2 Å². The van der Waals surface area contributed by atoms with Crippen LogP contribution in [0.4, 0.5) is 0 Å². The molecule has 1 unspecified atom stereocenters. The SMILES string of the molecule is N#CCNC(=O)C(CNC(=O)c1ccc(O)cc1)c1cn(C=O)c2ccccc12. The number of hydrogen-bond acceptors (Lipinski definition) is 5. The van der Waals surface area contributed by atoms with Gasteiger partial charge in [0.05, 0.1) is 17.5 Å². The summed E-state index contributed by atoms with van der Waals surface area (Å²) in [5.41, 5.74) is 1.53. The van der Waals surface area contributed by atoms with Crippen molar-refractivity contribution in [3.63, 3.8) is 0 Å². The van der Waals surface area contributed by atoms with Crippen molar-refractivity contribution >= 4 is 29.1 Å². The molecule has 0 saturated carbocycles. The second-order valence-electron chi connectivity index (χ2n) is 6.30. The van der Waals surface area contributed by atoms with Gasteiger partial charge in [0, 0.05) is 23.7 Å². The molecule has 1 aromatic heterocycles. The van der Waals surface area contributed by atoms with E-state index in [2.05, 4.69) is 10.6 Å². The van der Waals surface area contributed by atoms with E-state index in [9.17, 15) is 19.5 Å². The number of para-hydroxylation sites is 1. The number of phenolic OH excluding ortho intramolecular Hbond substituents is 1. The van der Waals surface area contributed by atoms with E-state index in [1.54, 1.807) is 30.5 Å². The first kappa shape index (κ1) is 19.6. The number of phenols is 1. The molecule has 0 saturated heterocycles. The Kier molecular flexibility index (Phi) is 5.90. The highest BCUT2D eigenvalue weighted by molar-refractivity contribution is 5.97. The van der Waals surface area contributed by atoms with Crippen LogP contribution in [0.3, 0.4) is 0 Å². The third-order valence-electron chi connectivity index (χ3n) is 4.51. The number of amides is 2. The average Bonchev–Trinajstić information content (AvgIpc) is 3.11. The molecule has 1 atom stereocenters. The molecule has 0 bridgehead atoms. The van der Waals surface area contributed by atoms with Gasteiger partial charge in [0.1, 0.15) is 12.3 Å². The van der Waals surface area contributed by atoms with Crippen molar-refractivity contribution in [3.05, 3.63) is 65.9 Å². The molecule has 2 amide bonds. The molecule has 0 aliphatic rings. The molecule has 3 aromatic rings. The van der Waals surface area contributed by atoms with Gasteiger partial charge in [-0.05, 0) is 35.9 Å². The highest BCUT2D eigenvalue weighted by atomic mass is 16.3. The molecule has 0 radical (unpaired) electrons. The van der Waals surface area contributed by atoms with Crippen LogP contribution in [0.1, 0.15) is 21.8 Å². The van der Waals surface area contributed by atoms with Crippen LogP contribution in [-0.4, -0.2) is 41.0 Å². The Bertz CT molecular complexity index is 1100. The molecule has 0 aliphatic heterocycles. The Labute approximate surface area is 166 Å². The smallest absolute Gasteiger partial charge is 0.251 e. The number of fused-ring (bicyclic) bond motifs is 1. The Hall–Kier alpha value is -4.12. The number of benzene rings is 2. The minimum Gasteiger partial charge on any atom is -0.508 e. The lowest BCUT2D eigenvalue weighted by molar-refractivity contribution is -0.122. The van der Waals surface area contributed by atoms with E-state index < -0.39 is 17.7 Å². The van der Waals surface area contributed by atoms with Crippen molar-refractivity contribution in [2.24, 2.45) is 0 Å². The van der Waals surface area contributed by atoms with Gasteiger partial charge in [0.25, 0.3) is 5.91 Å². The molecule has 8 heteroatoms. The number of nitrogens with one attached hydrogen (secondary N) is 2. The summed E-state index contributed by atoms with van der Waals surface area (Å²) in [5, 5.41) is 24.0. The molecule has 29 heavy (non-hydrogen) atoms. The molecule has 146 valence electrons. The molecule has 3 rings (SSSR count). The number of nitrogens with zero attached hydrogens (tertiary/aromatic N) is 2. The lowest BCUT2D eigenvalue weighted by Crippen LogP contribution is -2.37. The quantitative estimate of drug-likeness (QED) is 0.417. The summed E-state index contributed by atoms with van der Waals surface area (Å²) < 4.78 is 1.37. The first-order valence-corrected chi connectivity index (χ1v) is 8.81. The van der Waals surface area contributed by atoms with Crippen LogP contribution >= 0.6 is 0 Å². The van der Waals surface area contributed by atoms with Crippen LogP contribution in [0.25, 0.3) is 10.9 Å². The molecule has 1 heterocycles. The topological polar surface area (TPSA) is 124 Å². The van der Waals surface area contributed by atoms with Crippen molar-refractivity contribution < 1.29 is 19.5 Å². The van der Waals surface area contributed by atoms with Crippen molar-refractivity contribution in [3.8, 4) is 11.8 Å². The van der Waals surface area contributed by atoms with Crippen LogP contribution in [-0.2, 0) is 9.59 Å². The second-order valence-corrected chi connectivity index (χ2v) is 6.30. The monoisotopic (exact) mass is 390 g/mol. The van der Waals surface area contributed by atoms with E-state index >= 15 is 0 Å². The Balaban J connectivity index is 1.90. The molecule has 8 nitrogen and oxygen atoms in total. The van der Waals surface area contributed by atoms with Crippen molar-refractivity contribution in [2.45, 2.75) is 5.92 Å². The Morgan fingerprint density at radius 2 is 1.86 bits per heavy atom. The Morgan fingerprint density at radius 1 is 1.14 bits per heavy atom. The van der Waals surface area contributed by atoms with Crippen LogP contribution in [0.15, 0.2) is 54.7 Å².